The Hall–Kier alpha value is -1.02. The molecule has 6 nitrogen and oxygen atoms in total. The van der Waals surface area contributed by atoms with Gasteiger partial charge in [0.1, 0.15) is 15.7 Å². The van der Waals surface area contributed by atoms with E-state index in [1.54, 1.807) is 0 Å². The van der Waals surface area contributed by atoms with Gasteiger partial charge in [-0.15, -0.1) is 0 Å². The van der Waals surface area contributed by atoms with Gasteiger partial charge in [0.2, 0.25) is 10.0 Å². The molecule has 1 N–H and O–H groups in total. The molecule has 22 heavy (non-hydrogen) atoms. The minimum atomic E-state index is -3.74. The van der Waals surface area contributed by atoms with Gasteiger partial charge in [0, 0.05) is 25.1 Å². The second-order valence-corrected chi connectivity index (χ2v) is 7.91. The van der Waals surface area contributed by atoms with Crippen LogP contribution in [0.25, 0.3) is 0 Å². The van der Waals surface area contributed by atoms with E-state index in [-0.39, 0.29) is 27.1 Å². The number of aliphatic carboxylic acids is 1. The Morgan fingerprint density at radius 3 is 2.50 bits per heavy atom. The summed E-state index contributed by atoms with van der Waals surface area (Å²) in [5.74, 6) is -0.980. The van der Waals surface area contributed by atoms with Crippen LogP contribution in [0.15, 0.2) is 11.0 Å². The Balaban J connectivity index is 2.07. The summed E-state index contributed by atoms with van der Waals surface area (Å²) >= 11 is 12.2. The fraction of sp³-hybridized carbons (Fsp3) is 0.462. The van der Waals surface area contributed by atoms with Crippen molar-refractivity contribution in [2.45, 2.75) is 30.3 Å². The summed E-state index contributed by atoms with van der Waals surface area (Å²) in [5, 5.41) is 8.84. The minimum absolute atomic E-state index is 0.0549. The fourth-order valence-electron chi connectivity index (χ4n) is 2.69. The summed E-state index contributed by atoms with van der Waals surface area (Å²) < 4.78 is 31.9. The zero-order valence-corrected chi connectivity index (χ0v) is 13.7. The molecule has 0 aromatic heterocycles. The van der Waals surface area contributed by atoms with Crippen molar-refractivity contribution in [3.63, 3.8) is 0 Å². The average molecular weight is 366 g/mol. The lowest BCUT2D eigenvalue weighted by molar-refractivity contribution is -0.144. The number of carboxylic acid groups (broad SMARTS) is 1. The molecule has 0 aliphatic carbocycles. The number of benzene rings is 1. The Morgan fingerprint density at radius 1 is 1.27 bits per heavy atom. The highest BCUT2D eigenvalue weighted by Crippen LogP contribution is 2.44. The van der Waals surface area contributed by atoms with Gasteiger partial charge in [0.05, 0.1) is 5.02 Å². The standard InChI is InChI=1S/C13H13Cl2NO5S/c14-10-9(22(19,20)16-3-1-2-4-16)6-7-5-8(13(17)18)21-12(7)11(10)15/h6,8H,1-5H2,(H,17,18). The number of hydrogen-bond acceptors (Lipinski definition) is 4. The van der Waals surface area contributed by atoms with E-state index in [0.717, 1.165) is 12.8 Å². The maximum atomic E-state index is 12.6. The molecule has 1 saturated heterocycles. The molecule has 0 bridgehead atoms. The Morgan fingerprint density at radius 2 is 1.91 bits per heavy atom. The molecule has 9 heteroatoms. The molecule has 1 unspecified atom stereocenters. The first-order valence-corrected chi connectivity index (χ1v) is 8.92. The molecular weight excluding hydrogens is 353 g/mol. The fourth-order valence-corrected chi connectivity index (χ4v) is 5.09. The maximum Gasteiger partial charge on any atom is 0.345 e. The number of rotatable bonds is 3. The summed E-state index contributed by atoms with van der Waals surface area (Å²) in [4.78, 5) is 10.9. The summed E-state index contributed by atoms with van der Waals surface area (Å²) in [7, 11) is -3.74. The molecule has 2 aliphatic rings. The number of ether oxygens (including phenoxy) is 1. The molecule has 0 amide bonds. The van der Waals surface area contributed by atoms with Crippen LogP contribution < -0.4 is 4.74 Å². The molecule has 3 rings (SSSR count). The number of halogens is 2. The number of nitrogens with zero attached hydrogens (tertiary/aromatic N) is 1. The van der Waals surface area contributed by atoms with Gasteiger partial charge in [-0.25, -0.2) is 13.2 Å². The molecule has 0 saturated carbocycles. The predicted molar refractivity (Wildman–Crippen MR) is 80.2 cm³/mol. The molecule has 0 spiro atoms. The Bertz CT molecular complexity index is 743. The molecule has 2 heterocycles. The van der Waals surface area contributed by atoms with Crippen LogP contribution in [0.1, 0.15) is 18.4 Å². The predicted octanol–water partition coefficient (Wildman–Crippen LogP) is 2.17. The molecule has 120 valence electrons. The highest BCUT2D eigenvalue weighted by atomic mass is 35.5. The first-order valence-electron chi connectivity index (χ1n) is 6.73. The molecule has 1 fully saturated rings. The Kier molecular flexibility index (Phi) is 4.01. The van der Waals surface area contributed by atoms with Crippen molar-refractivity contribution >= 4 is 39.2 Å². The lowest BCUT2D eigenvalue weighted by atomic mass is 10.1. The van der Waals surface area contributed by atoms with Crippen LogP contribution in [0.5, 0.6) is 5.75 Å². The van der Waals surface area contributed by atoms with Crippen molar-refractivity contribution in [2.75, 3.05) is 13.1 Å². The van der Waals surface area contributed by atoms with Crippen molar-refractivity contribution in [3.05, 3.63) is 21.7 Å². The third-order valence-electron chi connectivity index (χ3n) is 3.83. The molecule has 1 atom stereocenters. The quantitative estimate of drug-likeness (QED) is 0.887. The summed E-state index contributed by atoms with van der Waals surface area (Å²) in [6.07, 6.45) is 0.595. The van der Waals surface area contributed by atoms with Crippen molar-refractivity contribution in [1.29, 1.82) is 0 Å². The van der Waals surface area contributed by atoms with Gasteiger partial charge in [-0.3, -0.25) is 0 Å². The second-order valence-electron chi connectivity index (χ2n) is 5.25. The van der Waals surface area contributed by atoms with Gasteiger partial charge in [-0.1, -0.05) is 23.2 Å². The summed E-state index contributed by atoms with van der Waals surface area (Å²) in [6.45, 7) is 0.892. The largest absolute Gasteiger partial charge is 0.478 e. The highest BCUT2D eigenvalue weighted by Gasteiger charge is 2.36. The summed E-state index contributed by atoms with van der Waals surface area (Å²) in [5.41, 5.74) is 0.444. The number of carboxylic acids is 1. The normalized spacial score (nSPS) is 21.6. The van der Waals surface area contributed by atoms with Gasteiger partial charge >= 0.3 is 5.97 Å². The van der Waals surface area contributed by atoms with Crippen molar-refractivity contribution < 1.29 is 23.1 Å². The monoisotopic (exact) mass is 365 g/mol. The van der Waals surface area contributed by atoms with E-state index in [0.29, 0.717) is 18.7 Å². The van der Waals surface area contributed by atoms with E-state index in [9.17, 15) is 13.2 Å². The number of hydrogen-bond donors (Lipinski definition) is 1. The van der Waals surface area contributed by atoms with Crippen LogP contribution in [0.3, 0.4) is 0 Å². The molecular formula is C13H13Cl2NO5S. The van der Waals surface area contributed by atoms with E-state index in [4.69, 9.17) is 33.0 Å². The van der Waals surface area contributed by atoms with Crippen LogP contribution >= 0.6 is 23.2 Å². The van der Waals surface area contributed by atoms with Gasteiger partial charge in [0.25, 0.3) is 0 Å². The second kappa shape index (κ2) is 5.56. The topological polar surface area (TPSA) is 83.9 Å². The lowest BCUT2D eigenvalue weighted by Gasteiger charge is -2.18. The number of fused-ring (bicyclic) bond motifs is 1. The molecule has 0 radical (unpaired) electrons. The van der Waals surface area contributed by atoms with Gasteiger partial charge in [0.15, 0.2) is 6.10 Å². The zero-order chi connectivity index (χ0) is 16.1. The van der Waals surface area contributed by atoms with Crippen LogP contribution in [0.4, 0.5) is 0 Å². The SMILES string of the molecule is O=C(O)C1Cc2cc(S(=O)(=O)N3CCCC3)c(Cl)c(Cl)c2O1. The highest BCUT2D eigenvalue weighted by molar-refractivity contribution is 7.89. The molecule has 2 aliphatic heterocycles. The van der Waals surface area contributed by atoms with Crippen molar-refractivity contribution in [3.8, 4) is 5.75 Å². The van der Waals surface area contributed by atoms with E-state index >= 15 is 0 Å². The third kappa shape index (κ3) is 2.46. The van der Waals surface area contributed by atoms with Crippen LogP contribution in [-0.2, 0) is 21.2 Å². The van der Waals surface area contributed by atoms with Gasteiger partial charge in [-0.05, 0) is 18.9 Å². The first kappa shape index (κ1) is 15.9. The van der Waals surface area contributed by atoms with Crippen LogP contribution in [-0.4, -0.2) is 43.0 Å². The smallest absolute Gasteiger partial charge is 0.345 e. The lowest BCUT2D eigenvalue weighted by Crippen LogP contribution is -2.28. The molecule has 1 aromatic rings. The van der Waals surface area contributed by atoms with Gasteiger partial charge < -0.3 is 9.84 Å². The zero-order valence-electron chi connectivity index (χ0n) is 11.4. The average Bonchev–Trinajstić information content (AvgIpc) is 3.11. The van der Waals surface area contributed by atoms with E-state index in [1.165, 1.54) is 10.4 Å². The maximum absolute atomic E-state index is 12.6. The van der Waals surface area contributed by atoms with E-state index < -0.39 is 22.1 Å². The van der Waals surface area contributed by atoms with E-state index in [2.05, 4.69) is 0 Å². The van der Waals surface area contributed by atoms with E-state index in [1.807, 2.05) is 0 Å². The van der Waals surface area contributed by atoms with Crippen molar-refractivity contribution in [1.82, 2.24) is 4.31 Å². The number of sulfonamides is 1. The minimum Gasteiger partial charge on any atom is -0.478 e. The number of carbonyl (C=O) groups is 1. The Labute approximate surface area is 137 Å². The first-order chi connectivity index (χ1) is 10.3. The van der Waals surface area contributed by atoms with Crippen molar-refractivity contribution in [2.24, 2.45) is 0 Å². The summed E-state index contributed by atoms with van der Waals surface area (Å²) in [6, 6.07) is 1.38. The van der Waals surface area contributed by atoms with Crippen LogP contribution in [0.2, 0.25) is 10.0 Å². The molecule has 1 aromatic carbocycles. The third-order valence-corrected chi connectivity index (χ3v) is 6.71. The van der Waals surface area contributed by atoms with Crippen LogP contribution in [0, 0.1) is 0 Å². The van der Waals surface area contributed by atoms with Gasteiger partial charge in [-0.2, -0.15) is 4.31 Å².